The van der Waals surface area contributed by atoms with Gasteiger partial charge in [-0.25, -0.2) is 4.79 Å². The van der Waals surface area contributed by atoms with Crippen LogP contribution in [0.4, 0.5) is 0 Å². The van der Waals surface area contributed by atoms with Crippen LogP contribution >= 0.6 is 0 Å². The molecule has 1 aliphatic rings. The molecular formula is C12H13N3O2. The zero-order valence-electron chi connectivity index (χ0n) is 9.29. The minimum Gasteiger partial charge on any atom is -0.478 e. The van der Waals surface area contributed by atoms with Crippen LogP contribution in [-0.4, -0.2) is 26.3 Å². The lowest BCUT2D eigenvalue weighted by Crippen LogP contribution is -1.99. The molecule has 2 aromatic heterocycles. The molecule has 0 saturated heterocycles. The van der Waals surface area contributed by atoms with Crippen LogP contribution in [0.2, 0.25) is 0 Å². The van der Waals surface area contributed by atoms with Crippen LogP contribution in [0.25, 0.3) is 11.4 Å². The number of nitrogens with one attached hydrogen (secondary N) is 2. The Kier molecular flexibility index (Phi) is 2.24. The Bertz CT molecular complexity index is 545. The first kappa shape index (κ1) is 10.1. The van der Waals surface area contributed by atoms with E-state index in [1.807, 2.05) is 6.07 Å². The molecule has 0 unspecified atom stereocenters. The third-order valence-corrected chi connectivity index (χ3v) is 3.25. The van der Waals surface area contributed by atoms with Crippen LogP contribution in [-0.2, 0) is 12.8 Å². The van der Waals surface area contributed by atoms with E-state index in [-0.39, 0.29) is 5.56 Å². The maximum Gasteiger partial charge on any atom is 0.339 e. The van der Waals surface area contributed by atoms with Gasteiger partial charge in [0.15, 0.2) is 0 Å². The van der Waals surface area contributed by atoms with Crippen molar-refractivity contribution in [3.8, 4) is 11.4 Å². The number of hydrogen-bond donors (Lipinski definition) is 3. The molecule has 2 heterocycles. The van der Waals surface area contributed by atoms with E-state index in [1.54, 1.807) is 0 Å². The van der Waals surface area contributed by atoms with Crippen molar-refractivity contribution in [1.82, 2.24) is 15.2 Å². The summed E-state index contributed by atoms with van der Waals surface area (Å²) in [5.41, 5.74) is 4.14. The molecule has 17 heavy (non-hydrogen) atoms. The lowest BCUT2D eigenvalue weighted by molar-refractivity contribution is 0.0698. The number of H-pyrrole nitrogens is 2. The van der Waals surface area contributed by atoms with Gasteiger partial charge in [0.1, 0.15) is 5.56 Å². The molecule has 0 aliphatic heterocycles. The van der Waals surface area contributed by atoms with Crippen molar-refractivity contribution in [2.75, 3.05) is 0 Å². The first-order chi connectivity index (χ1) is 8.25. The van der Waals surface area contributed by atoms with Gasteiger partial charge in [-0.3, -0.25) is 5.10 Å². The van der Waals surface area contributed by atoms with Gasteiger partial charge in [0.05, 0.1) is 17.6 Å². The van der Waals surface area contributed by atoms with Gasteiger partial charge < -0.3 is 10.1 Å². The minimum absolute atomic E-state index is 0.212. The highest BCUT2D eigenvalue weighted by Crippen LogP contribution is 2.27. The van der Waals surface area contributed by atoms with E-state index in [1.165, 1.54) is 30.3 Å². The summed E-state index contributed by atoms with van der Waals surface area (Å²) in [6.07, 6.45) is 5.87. The van der Waals surface area contributed by atoms with E-state index >= 15 is 0 Å². The summed E-state index contributed by atoms with van der Waals surface area (Å²) >= 11 is 0. The molecule has 88 valence electrons. The van der Waals surface area contributed by atoms with E-state index in [4.69, 9.17) is 5.11 Å². The maximum atomic E-state index is 11.0. The fourth-order valence-electron chi connectivity index (χ4n) is 2.39. The van der Waals surface area contributed by atoms with Gasteiger partial charge in [-0.15, -0.1) is 0 Å². The average molecular weight is 231 g/mol. The number of rotatable bonds is 2. The fourth-order valence-corrected chi connectivity index (χ4v) is 2.39. The molecule has 3 rings (SSSR count). The fraction of sp³-hybridized carbons (Fsp3) is 0.333. The van der Waals surface area contributed by atoms with E-state index < -0.39 is 5.97 Å². The van der Waals surface area contributed by atoms with E-state index in [0.717, 1.165) is 18.5 Å². The smallest absolute Gasteiger partial charge is 0.339 e. The molecule has 0 bridgehead atoms. The zero-order valence-corrected chi connectivity index (χ0v) is 9.29. The second-order valence-corrected chi connectivity index (χ2v) is 4.36. The summed E-state index contributed by atoms with van der Waals surface area (Å²) in [5.74, 6) is -0.957. The maximum absolute atomic E-state index is 11.0. The topological polar surface area (TPSA) is 81.8 Å². The van der Waals surface area contributed by atoms with Crippen LogP contribution in [0.1, 0.15) is 34.5 Å². The number of fused-ring (bicyclic) bond motifs is 1. The molecule has 0 saturated carbocycles. The van der Waals surface area contributed by atoms with E-state index in [0.29, 0.717) is 5.69 Å². The van der Waals surface area contributed by atoms with Gasteiger partial charge in [0.25, 0.3) is 0 Å². The summed E-state index contributed by atoms with van der Waals surface area (Å²) in [6, 6.07) is 2.04. The summed E-state index contributed by atoms with van der Waals surface area (Å²) in [6.45, 7) is 0. The Labute approximate surface area is 97.9 Å². The second kappa shape index (κ2) is 3.76. The standard InChI is InChI=1S/C12H13N3O2/c16-12(17)8-6-13-15-11(8)10-5-7-3-1-2-4-9(7)14-10/h5-6,14H,1-4H2,(H,13,15)(H,16,17). The summed E-state index contributed by atoms with van der Waals surface area (Å²) in [4.78, 5) is 14.3. The molecule has 3 N–H and O–H groups in total. The normalized spacial score (nSPS) is 14.6. The van der Waals surface area contributed by atoms with Gasteiger partial charge in [0.2, 0.25) is 0 Å². The number of aromatic nitrogens is 3. The number of aryl methyl sites for hydroxylation is 2. The van der Waals surface area contributed by atoms with Crippen LogP contribution in [0.3, 0.4) is 0 Å². The second-order valence-electron chi connectivity index (χ2n) is 4.36. The largest absolute Gasteiger partial charge is 0.478 e. The zero-order chi connectivity index (χ0) is 11.8. The molecule has 0 aromatic carbocycles. The highest BCUT2D eigenvalue weighted by molar-refractivity contribution is 5.94. The third kappa shape index (κ3) is 1.63. The summed E-state index contributed by atoms with van der Waals surface area (Å²) in [5, 5.41) is 15.6. The lowest BCUT2D eigenvalue weighted by Gasteiger charge is -2.08. The Hall–Kier alpha value is -2.04. The average Bonchev–Trinajstić information content (AvgIpc) is 2.95. The number of carboxylic acid groups (broad SMARTS) is 1. The van der Waals surface area contributed by atoms with Crippen LogP contribution in [0.15, 0.2) is 12.3 Å². The first-order valence-electron chi connectivity index (χ1n) is 5.73. The van der Waals surface area contributed by atoms with Crippen molar-refractivity contribution in [3.63, 3.8) is 0 Å². The Morgan fingerprint density at radius 1 is 1.35 bits per heavy atom. The van der Waals surface area contributed by atoms with Gasteiger partial charge in [-0.05, 0) is 37.3 Å². The molecular weight excluding hydrogens is 218 g/mol. The monoisotopic (exact) mass is 231 g/mol. The van der Waals surface area contributed by atoms with Gasteiger partial charge in [-0.1, -0.05) is 0 Å². The predicted molar refractivity (Wildman–Crippen MR) is 62.0 cm³/mol. The SMILES string of the molecule is O=C(O)c1cn[nH]c1-c1cc2c([nH]1)CCCC2. The molecule has 0 atom stereocenters. The predicted octanol–water partition coefficient (Wildman–Crippen LogP) is 1.98. The molecule has 0 fully saturated rings. The number of hydrogen-bond acceptors (Lipinski definition) is 2. The van der Waals surface area contributed by atoms with Crippen molar-refractivity contribution >= 4 is 5.97 Å². The highest BCUT2D eigenvalue weighted by Gasteiger charge is 2.18. The lowest BCUT2D eigenvalue weighted by atomic mass is 9.98. The number of carbonyl (C=O) groups is 1. The quantitative estimate of drug-likeness (QED) is 0.739. The van der Waals surface area contributed by atoms with Crippen LogP contribution in [0, 0.1) is 0 Å². The first-order valence-corrected chi connectivity index (χ1v) is 5.73. The Balaban J connectivity index is 2.06. The van der Waals surface area contributed by atoms with Crippen LogP contribution in [0.5, 0.6) is 0 Å². The summed E-state index contributed by atoms with van der Waals surface area (Å²) < 4.78 is 0. The van der Waals surface area contributed by atoms with Crippen molar-refractivity contribution in [2.24, 2.45) is 0 Å². The van der Waals surface area contributed by atoms with Gasteiger partial charge >= 0.3 is 5.97 Å². The van der Waals surface area contributed by atoms with Gasteiger partial charge in [0, 0.05) is 5.69 Å². The number of aromatic amines is 2. The summed E-state index contributed by atoms with van der Waals surface area (Å²) in [7, 11) is 0. The Morgan fingerprint density at radius 2 is 2.18 bits per heavy atom. The van der Waals surface area contributed by atoms with Crippen molar-refractivity contribution in [1.29, 1.82) is 0 Å². The molecule has 2 aromatic rings. The van der Waals surface area contributed by atoms with Crippen LogP contribution < -0.4 is 0 Å². The Morgan fingerprint density at radius 3 is 2.94 bits per heavy atom. The third-order valence-electron chi connectivity index (χ3n) is 3.25. The molecule has 5 heteroatoms. The van der Waals surface area contributed by atoms with Gasteiger partial charge in [-0.2, -0.15) is 5.10 Å². The molecule has 0 spiro atoms. The molecule has 0 amide bonds. The molecule has 5 nitrogen and oxygen atoms in total. The number of carboxylic acids is 1. The van der Waals surface area contributed by atoms with E-state index in [9.17, 15) is 4.79 Å². The minimum atomic E-state index is -0.957. The molecule has 1 aliphatic carbocycles. The van der Waals surface area contributed by atoms with E-state index in [2.05, 4.69) is 15.2 Å². The number of nitrogens with zero attached hydrogens (tertiary/aromatic N) is 1. The van der Waals surface area contributed by atoms with Crippen molar-refractivity contribution < 1.29 is 9.90 Å². The van der Waals surface area contributed by atoms with Crippen molar-refractivity contribution in [3.05, 3.63) is 29.1 Å². The number of aromatic carboxylic acids is 1. The highest BCUT2D eigenvalue weighted by atomic mass is 16.4. The molecule has 0 radical (unpaired) electrons. The van der Waals surface area contributed by atoms with Crippen molar-refractivity contribution in [2.45, 2.75) is 25.7 Å².